The quantitative estimate of drug-likeness (QED) is 0.306. The average molecular weight is 785 g/mol. The molecule has 0 aromatic heterocycles. The fourth-order valence-corrected chi connectivity index (χ4v) is 5.72. The van der Waals surface area contributed by atoms with E-state index in [0.717, 1.165) is 12.7 Å². The molecule has 0 heterocycles. The molecule has 0 saturated carbocycles. The van der Waals surface area contributed by atoms with E-state index in [9.17, 15) is 9.90 Å². The normalized spacial score (nSPS) is 12.0. The second-order valence-electron chi connectivity index (χ2n) is 4.88. The zero-order chi connectivity index (χ0) is 18.0. The number of phenols is 1. The van der Waals surface area contributed by atoms with Gasteiger partial charge in [0, 0.05) is 0 Å². The summed E-state index contributed by atoms with van der Waals surface area (Å²) in [6, 6.07) is 6.34. The van der Waals surface area contributed by atoms with E-state index in [4.69, 9.17) is 15.6 Å². The average Bonchev–Trinajstić information content (AvgIpc) is 2.48. The minimum Gasteiger partial charge on any atom is -0.506 e. The molecular weight excluding hydrogens is 774 g/mol. The molecule has 0 aliphatic carbocycles. The van der Waals surface area contributed by atoms with Crippen LogP contribution >= 0.6 is 90.4 Å². The van der Waals surface area contributed by atoms with Crippen LogP contribution in [0.5, 0.6) is 17.2 Å². The highest BCUT2D eigenvalue weighted by Gasteiger charge is 2.16. The summed E-state index contributed by atoms with van der Waals surface area (Å²) in [5, 5.41) is 18.8. The number of rotatable bonds is 5. The Balaban J connectivity index is 2.30. The molecule has 9 heteroatoms. The zero-order valence-electron chi connectivity index (χ0n) is 11.9. The van der Waals surface area contributed by atoms with Crippen LogP contribution < -0.4 is 10.5 Å². The molecule has 24 heavy (non-hydrogen) atoms. The molecule has 0 fully saturated rings. The first-order chi connectivity index (χ1) is 11.2. The van der Waals surface area contributed by atoms with E-state index in [2.05, 4.69) is 90.4 Å². The maximum atomic E-state index is 10.9. The summed E-state index contributed by atoms with van der Waals surface area (Å²) in [5.74, 6) is 0.549. The smallest absolute Gasteiger partial charge is 0.320 e. The summed E-state index contributed by atoms with van der Waals surface area (Å²) in [6.07, 6.45) is 0.261. The Kier molecular flexibility index (Phi) is 7.64. The predicted molar refractivity (Wildman–Crippen MR) is 125 cm³/mol. The molecule has 2 aromatic rings. The van der Waals surface area contributed by atoms with Gasteiger partial charge in [-0.25, -0.2) is 0 Å². The molecule has 5 nitrogen and oxygen atoms in total. The van der Waals surface area contributed by atoms with E-state index >= 15 is 0 Å². The lowest BCUT2D eigenvalue weighted by Crippen LogP contribution is -2.32. The lowest BCUT2D eigenvalue weighted by molar-refractivity contribution is -0.138. The van der Waals surface area contributed by atoms with Crippen molar-refractivity contribution in [2.24, 2.45) is 5.73 Å². The Bertz CT molecular complexity index is 751. The van der Waals surface area contributed by atoms with Gasteiger partial charge in [-0.3, -0.25) is 4.79 Å². The van der Waals surface area contributed by atoms with Crippen LogP contribution in [0.2, 0.25) is 0 Å². The van der Waals surface area contributed by atoms with Crippen molar-refractivity contribution >= 4 is 96.3 Å². The number of carbonyl (C=O) groups is 1. The molecule has 0 saturated heterocycles. The first kappa shape index (κ1) is 20.7. The largest absolute Gasteiger partial charge is 0.506 e. The molecule has 0 radical (unpaired) electrons. The van der Waals surface area contributed by atoms with Crippen molar-refractivity contribution in [1.82, 2.24) is 0 Å². The molecule has 1 atom stereocenters. The van der Waals surface area contributed by atoms with Crippen molar-refractivity contribution in [1.29, 1.82) is 0 Å². The van der Waals surface area contributed by atoms with E-state index in [0.29, 0.717) is 18.6 Å². The maximum Gasteiger partial charge on any atom is 0.320 e. The third kappa shape index (κ3) is 5.20. The number of phenolic OH excluding ortho intramolecular Hbond substituents is 1. The van der Waals surface area contributed by atoms with E-state index in [1.54, 1.807) is 12.1 Å². The summed E-state index contributed by atoms with van der Waals surface area (Å²) in [7, 11) is 0. The second-order valence-corrected chi connectivity index (χ2v) is 9.52. The molecule has 0 aliphatic heterocycles. The van der Waals surface area contributed by atoms with Crippen LogP contribution in [0.3, 0.4) is 0 Å². The third-order valence-corrected chi connectivity index (χ3v) is 6.29. The van der Waals surface area contributed by atoms with Gasteiger partial charge in [-0.05, 0) is 127 Å². The molecule has 0 amide bonds. The number of carboxylic acids is 1. The Morgan fingerprint density at radius 2 is 1.54 bits per heavy atom. The number of benzene rings is 2. The number of hydrogen-bond donors (Lipinski definition) is 3. The van der Waals surface area contributed by atoms with E-state index in [-0.39, 0.29) is 12.2 Å². The van der Waals surface area contributed by atoms with Gasteiger partial charge in [0.2, 0.25) is 0 Å². The Hall–Kier alpha value is 0.390. The Morgan fingerprint density at radius 1 is 1.04 bits per heavy atom. The molecule has 128 valence electrons. The lowest BCUT2D eigenvalue weighted by atomic mass is 10.3. The summed E-state index contributed by atoms with van der Waals surface area (Å²) < 4.78 is 9.14. The van der Waals surface area contributed by atoms with Crippen molar-refractivity contribution in [2.45, 2.75) is 12.5 Å². The van der Waals surface area contributed by atoms with Crippen molar-refractivity contribution in [3.05, 3.63) is 44.1 Å². The van der Waals surface area contributed by atoms with Crippen LogP contribution in [0.1, 0.15) is 5.56 Å². The molecule has 4 N–H and O–H groups in total. The van der Waals surface area contributed by atoms with E-state index in [1.165, 1.54) is 0 Å². The molecule has 0 spiro atoms. The van der Waals surface area contributed by atoms with Gasteiger partial charge < -0.3 is 20.7 Å². The van der Waals surface area contributed by atoms with E-state index in [1.807, 2.05) is 12.1 Å². The molecule has 0 unspecified atom stereocenters. The van der Waals surface area contributed by atoms with Crippen molar-refractivity contribution in [2.75, 3.05) is 0 Å². The Morgan fingerprint density at radius 3 is 2.00 bits per heavy atom. The summed E-state index contributed by atoms with van der Waals surface area (Å²) in [4.78, 5) is 10.9. The first-order valence-corrected chi connectivity index (χ1v) is 10.8. The standard InChI is InChI=1S/C15H11I4NO4/c16-8-4-7(5-9(17)13(8)21)24-14-10(18)1-6(2-11(14)19)3-12(20)15(22)23/h1-2,4-5,12,21H,3,20H2,(H,22,23)/t12-/m0/s1/i1+1,2+1,3+1,6+1,10+1,11+1,12+1,14+1. The van der Waals surface area contributed by atoms with Crippen LogP contribution in [-0.2, 0) is 11.2 Å². The van der Waals surface area contributed by atoms with Gasteiger partial charge in [-0.1, -0.05) is 0 Å². The molecule has 0 bridgehead atoms. The van der Waals surface area contributed by atoms with E-state index < -0.39 is 12.0 Å². The number of carboxylic acid groups (broad SMARTS) is 1. The van der Waals surface area contributed by atoms with Crippen LogP contribution in [0.15, 0.2) is 24.3 Å². The van der Waals surface area contributed by atoms with Crippen LogP contribution in [0, 0.1) is 14.3 Å². The molecular formula is C15H11I4NO4. The van der Waals surface area contributed by atoms with Gasteiger partial charge >= 0.3 is 5.97 Å². The third-order valence-electron chi connectivity index (χ3n) is 3.04. The van der Waals surface area contributed by atoms with Gasteiger partial charge in [0.15, 0.2) is 5.75 Å². The Labute approximate surface area is 193 Å². The topological polar surface area (TPSA) is 92.8 Å². The van der Waals surface area contributed by atoms with Crippen molar-refractivity contribution < 1.29 is 19.7 Å². The fourth-order valence-electron chi connectivity index (χ4n) is 1.89. The van der Waals surface area contributed by atoms with Gasteiger partial charge in [0.05, 0.1) is 14.3 Å². The monoisotopic (exact) mass is 785 g/mol. The minimum atomic E-state index is -1.02. The van der Waals surface area contributed by atoms with Crippen LogP contribution in [-0.4, -0.2) is 22.2 Å². The summed E-state index contributed by atoms with van der Waals surface area (Å²) >= 11 is 8.42. The summed E-state index contributed by atoms with van der Waals surface area (Å²) in [6.45, 7) is 0. The fraction of sp³-hybridized carbons (Fsp3) is 0.133. The number of aliphatic carboxylic acids is 1. The highest BCUT2D eigenvalue weighted by molar-refractivity contribution is 14.1. The predicted octanol–water partition coefficient (Wildman–Crippen LogP) is 4.56. The van der Waals surface area contributed by atoms with Crippen molar-refractivity contribution in [3.8, 4) is 17.2 Å². The van der Waals surface area contributed by atoms with Gasteiger partial charge in [-0.2, -0.15) is 0 Å². The number of nitrogens with two attached hydrogens (primary N) is 1. The van der Waals surface area contributed by atoms with Gasteiger partial charge in [-0.15, -0.1) is 0 Å². The zero-order valence-corrected chi connectivity index (χ0v) is 20.5. The number of ether oxygens (including phenoxy) is 1. The van der Waals surface area contributed by atoms with Crippen LogP contribution in [0.4, 0.5) is 0 Å². The minimum absolute atomic E-state index is 0.242. The van der Waals surface area contributed by atoms with Crippen molar-refractivity contribution in [3.63, 3.8) is 0 Å². The lowest BCUT2D eigenvalue weighted by Gasteiger charge is -2.14. The highest BCUT2D eigenvalue weighted by atomic mass is 127. The molecule has 2 aromatic carbocycles. The summed E-state index contributed by atoms with van der Waals surface area (Å²) in [5.41, 5.74) is 6.44. The van der Waals surface area contributed by atoms with Gasteiger partial charge in [0.25, 0.3) is 0 Å². The first-order valence-electron chi connectivity index (χ1n) is 6.51. The van der Waals surface area contributed by atoms with Gasteiger partial charge in [0.1, 0.15) is 17.5 Å². The highest BCUT2D eigenvalue weighted by Crippen LogP contribution is 2.36. The second kappa shape index (κ2) is 8.85. The van der Waals surface area contributed by atoms with Crippen LogP contribution in [0.25, 0.3) is 0 Å². The molecule has 2 rings (SSSR count). The SMILES string of the molecule is N[13C@@H]([13CH2][13c]1[13cH][13c](I)[13c](Oc2cc(I)c(O)c(I)c2)[13c](I)[13cH]1)C(=O)O. The maximum absolute atomic E-state index is 10.9. The number of hydrogen-bond acceptors (Lipinski definition) is 4. The number of halogens is 4. The number of aromatic hydroxyl groups is 1. The molecule has 0 aliphatic rings.